The van der Waals surface area contributed by atoms with Crippen molar-refractivity contribution < 1.29 is 19.2 Å². The van der Waals surface area contributed by atoms with Gasteiger partial charge in [-0.3, -0.25) is 39.2 Å². The Morgan fingerprint density at radius 3 is 0.783 bits per heavy atom. The molecule has 0 spiro atoms. The first-order chi connectivity index (χ1) is 22.0. The number of amides is 8. The lowest BCUT2D eigenvalue weighted by atomic mass is 9.94. The van der Waals surface area contributed by atoms with E-state index >= 15 is 0 Å². The molecule has 0 radical (unpaired) electrons. The zero-order valence-corrected chi connectivity index (χ0v) is 27.3. The van der Waals surface area contributed by atoms with Gasteiger partial charge < -0.3 is 0 Å². The molecule has 12 heteroatoms. The van der Waals surface area contributed by atoms with Gasteiger partial charge in [0.2, 0.25) is 0 Å². The summed E-state index contributed by atoms with van der Waals surface area (Å²) in [5.41, 5.74) is -1.70. The quantitative estimate of drug-likeness (QED) is 0.234. The molecule has 4 heterocycles. The molecule has 4 saturated heterocycles. The largest absolute Gasteiger partial charge is 0.324 e. The van der Waals surface area contributed by atoms with Crippen LogP contribution < -0.4 is 0 Å². The summed E-state index contributed by atoms with van der Waals surface area (Å²) in [7, 11) is 0. The van der Waals surface area contributed by atoms with Crippen LogP contribution in [-0.4, -0.2) is 139 Å². The van der Waals surface area contributed by atoms with E-state index in [2.05, 4.69) is 52.6 Å². The predicted octanol–water partition coefficient (Wildman–Crippen LogP) is 4.50. The van der Waals surface area contributed by atoms with Crippen molar-refractivity contribution in [1.29, 1.82) is 0 Å². The summed E-state index contributed by atoms with van der Waals surface area (Å²) < 4.78 is 0. The zero-order valence-electron chi connectivity index (χ0n) is 27.3. The summed E-state index contributed by atoms with van der Waals surface area (Å²) in [5.74, 6) is 0. The fourth-order valence-electron chi connectivity index (χ4n) is 6.95. The van der Waals surface area contributed by atoms with E-state index in [9.17, 15) is 19.2 Å². The topological polar surface area (TPSA) is 94.2 Å². The van der Waals surface area contributed by atoms with Gasteiger partial charge >= 0.3 is 24.1 Å². The fourth-order valence-corrected chi connectivity index (χ4v) is 6.95. The van der Waals surface area contributed by atoms with Gasteiger partial charge in [0.05, 0.1) is 0 Å². The molecule has 46 heavy (non-hydrogen) atoms. The third-order valence-electron chi connectivity index (χ3n) is 9.00. The van der Waals surface area contributed by atoms with Crippen LogP contribution in [0.15, 0.2) is 101 Å². The molecule has 4 rings (SSSR count). The minimum absolute atomic E-state index is 0.120. The highest BCUT2D eigenvalue weighted by molar-refractivity contribution is 5.89. The average Bonchev–Trinajstić information content (AvgIpc) is 3.56. The second kappa shape index (κ2) is 14.4. The third kappa shape index (κ3) is 5.21. The molecule has 0 atom stereocenters. The molecule has 12 nitrogen and oxygen atoms in total. The molecule has 248 valence electrons. The van der Waals surface area contributed by atoms with Crippen molar-refractivity contribution in [2.75, 3.05) is 52.4 Å². The second-order valence-electron chi connectivity index (χ2n) is 11.4. The number of urea groups is 4. The van der Waals surface area contributed by atoms with Crippen LogP contribution in [0.2, 0.25) is 0 Å². The molecule has 0 N–H and O–H groups in total. The monoisotopic (exact) mass is 632 g/mol. The van der Waals surface area contributed by atoms with Gasteiger partial charge in [-0.15, -0.1) is 52.6 Å². The maximum Gasteiger partial charge on any atom is 0.324 e. The number of hydrogen-bond acceptors (Lipinski definition) is 4. The number of fused-ring (bicyclic) bond motifs is 2. The van der Waals surface area contributed by atoms with E-state index < -0.39 is 11.3 Å². The number of carbonyl (C=O) groups excluding carboxylic acids is 4. The van der Waals surface area contributed by atoms with E-state index in [0.29, 0.717) is 52.4 Å². The second-order valence-corrected chi connectivity index (χ2v) is 11.4. The Morgan fingerprint density at radius 2 is 0.609 bits per heavy atom. The van der Waals surface area contributed by atoms with Crippen LogP contribution in [0.5, 0.6) is 0 Å². The Kier molecular flexibility index (Phi) is 11.1. The van der Waals surface area contributed by atoms with Crippen molar-refractivity contribution in [1.82, 2.24) is 39.2 Å². The Morgan fingerprint density at radius 1 is 0.413 bits per heavy atom. The SMILES string of the molecule is C=CCN1C(=O)N(CC=C)C2(C)N(CC=C)C(=O)N(CC=C)C12C.C=CCN1C(=O)N(CC=C)C2C1N(CC=C)C(=O)N2CC=C. The van der Waals surface area contributed by atoms with E-state index in [1.165, 1.54) is 0 Å². The summed E-state index contributed by atoms with van der Waals surface area (Å²) in [6.45, 7) is 36.6. The van der Waals surface area contributed by atoms with Gasteiger partial charge in [-0.2, -0.15) is 0 Å². The highest BCUT2D eigenvalue weighted by atomic mass is 16.2. The molecule has 0 aromatic rings. The van der Waals surface area contributed by atoms with Crippen molar-refractivity contribution in [3.63, 3.8) is 0 Å². The highest BCUT2D eigenvalue weighted by Gasteiger charge is 2.73. The van der Waals surface area contributed by atoms with Crippen molar-refractivity contribution in [2.24, 2.45) is 0 Å². The Bertz CT molecular complexity index is 1130. The fraction of sp³-hybridized carbons (Fsp3) is 0.412. The van der Waals surface area contributed by atoms with Crippen molar-refractivity contribution >= 4 is 24.1 Å². The Labute approximate surface area is 273 Å². The first kappa shape index (κ1) is 35.5. The Balaban J connectivity index is 0.000000251. The molecule has 0 aliphatic carbocycles. The predicted molar refractivity (Wildman–Crippen MR) is 181 cm³/mol. The van der Waals surface area contributed by atoms with Gasteiger partial charge in [0.25, 0.3) is 0 Å². The smallest absolute Gasteiger partial charge is 0.296 e. The number of nitrogens with zero attached hydrogens (tertiary/aromatic N) is 8. The van der Waals surface area contributed by atoms with Crippen LogP contribution in [0.4, 0.5) is 19.2 Å². The lowest BCUT2D eigenvalue weighted by molar-refractivity contribution is -0.0272. The van der Waals surface area contributed by atoms with E-state index in [1.54, 1.807) is 87.8 Å². The first-order valence-electron chi connectivity index (χ1n) is 15.2. The Hall–Kier alpha value is -5.00. The maximum absolute atomic E-state index is 13.1. The van der Waals surface area contributed by atoms with Crippen LogP contribution in [0.3, 0.4) is 0 Å². The van der Waals surface area contributed by atoms with Gasteiger partial charge in [0, 0.05) is 52.4 Å². The van der Waals surface area contributed by atoms with Crippen LogP contribution in [0.1, 0.15) is 13.8 Å². The van der Waals surface area contributed by atoms with Crippen LogP contribution >= 0.6 is 0 Å². The summed E-state index contributed by atoms with van der Waals surface area (Å²) in [6.07, 6.45) is 12.7. The minimum Gasteiger partial charge on any atom is -0.296 e. The molecular formula is C34H48N8O4. The molecule has 0 unspecified atom stereocenters. The van der Waals surface area contributed by atoms with Crippen molar-refractivity contribution in [3.05, 3.63) is 101 Å². The summed E-state index contributed by atoms with van der Waals surface area (Å²) in [5, 5.41) is 0. The number of hydrogen-bond donors (Lipinski definition) is 0. The molecule has 0 bridgehead atoms. The molecule has 4 aliphatic heterocycles. The molecule has 0 aromatic carbocycles. The van der Waals surface area contributed by atoms with E-state index in [-0.39, 0.29) is 36.5 Å². The van der Waals surface area contributed by atoms with Gasteiger partial charge in [-0.05, 0) is 13.8 Å². The van der Waals surface area contributed by atoms with E-state index in [1.807, 2.05) is 13.8 Å². The first-order valence-corrected chi connectivity index (χ1v) is 15.2. The molecule has 0 saturated carbocycles. The summed E-state index contributed by atoms with van der Waals surface area (Å²) in [4.78, 5) is 64.8. The zero-order chi connectivity index (χ0) is 34.4. The lowest BCUT2D eigenvalue weighted by Crippen LogP contribution is -2.65. The van der Waals surface area contributed by atoms with Crippen molar-refractivity contribution in [2.45, 2.75) is 37.5 Å². The molecule has 4 aliphatic rings. The maximum atomic E-state index is 13.1. The summed E-state index contributed by atoms with van der Waals surface area (Å²) in [6, 6.07) is -0.526. The van der Waals surface area contributed by atoms with Crippen LogP contribution in [-0.2, 0) is 0 Å². The minimum atomic E-state index is -0.852. The molecule has 4 fully saturated rings. The molecule has 0 aromatic heterocycles. The standard InChI is InChI=1S/C18H26N4O2.C16H22N4O2/c1-7-11-19-15(23)20(12-8-2)18(6)17(19,5)21(13-9-3)16(24)22(18)14-10-4;1-5-9-17-13-14(19(11-7-3)15(17)21)20(12-8-4)16(22)18(13)10-6-2/h7-10H,1-4,11-14H2,5-6H3;5-8,13-14H,1-4,9-12H2. The summed E-state index contributed by atoms with van der Waals surface area (Å²) >= 11 is 0. The molecule has 8 amide bonds. The van der Waals surface area contributed by atoms with Crippen LogP contribution in [0, 0.1) is 0 Å². The van der Waals surface area contributed by atoms with Gasteiger partial charge in [0.1, 0.15) is 0 Å². The van der Waals surface area contributed by atoms with Crippen molar-refractivity contribution in [3.8, 4) is 0 Å². The highest BCUT2D eigenvalue weighted by Crippen LogP contribution is 2.51. The van der Waals surface area contributed by atoms with Gasteiger partial charge in [-0.25, -0.2) is 19.2 Å². The van der Waals surface area contributed by atoms with Gasteiger partial charge in [0.15, 0.2) is 23.7 Å². The normalized spacial score (nSPS) is 26.6. The average molecular weight is 633 g/mol. The van der Waals surface area contributed by atoms with Gasteiger partial charge in [-0.1, -0.05) is 48.6 Å². The van der Waals surface area contributed by atoms with E-state index in [0.717, 1.165) is 0 Å². The number of rotatable bonds is 16. The third-order valence-corrected chi connectivity index (χ3v) is 9.00. The lowest BCUT2D eigenvalue weighted by Gasteiger charge is -2.45. The molecular weight excluding hydrogens is 584 g/mol. The number of carbonyl (C=O) groups is 4. The van der Waals surface area contributed by atoms with E-state index in [4.69, 9.17) is 0 Å². The van der Waals surface area contributed by atoms with Crippen LogP contribution in [0.25, 0.3) is 0 Å².